The normalized spacial score (nSPS) is 18.2. The molecule has 2 aliphatic rings. The summed E-state index contributed by atoms with van der Waals surface area (Å²) in [4.78, 5) is 56.1. The van der Waals surface area contributed by atoms with Crippen LogP contribution in [-0.4, -0.2) is 67.1 Å². The highest BCUT2D eigenvalue weighted by molar-refractivity contribution is 7.99. The summed E-state index contributed by atoms with van der Waals surface area (Å²) >= 11 is 1.28. The SMILES string of the molecule is Cc1cc(C(C)(C)C)ccc1SC1OC(C(COC(=O)OCC2c3ccccc3-c3ccccc32)OC(=O)c2ccccc2)C(OC(=O)c2ccccc2)C1OC(=O)c1ccccc1. The van der Waals surface area contributed by atoms with E-state index < -0.39 is 60.5 Å². The number of carbonyl (C=O) groups is 4. The first-order valence-electron chi connectivity index (χ1n) is 21.1. The van der Waals surface area contributed by atoms with E-state index in [1.165, 1.54) is 11.8 Å². The van der Waals surface area contributed by atoms with Crippen molar-refractivity contribution in [2.75, 3.05) is 13.2 Å². The molecule has 64 heavy (non-hydrogen) atoms. The fourth-order valence-electron chi connectivity index (χ4n) is 7.97. The molecule has 1 aliphatic heterocycles. The Bertz CT molecular complexity index is 2560. The molecule has 0 radical (unpaired) electrons. The maximum Gasteiger partial charge on any atom is 0.508 e. The van der Waals surface area contributed by atoms with Gasteiger partial charge in [0.1, 0.15) is 24.8 Å². The van der Waals surface area contributed by atoms with Gasteiger partial charge in [0.15, 0.2) is 18.3 Å². The average molecular weight is 877 g/mol. The molecule has 1 heterocycles. The fourth-order valence-corrected chi connectivity index (χ4v) is 9.14. The van der Waals surface area contributed by atoms with Crippen molar-refractivity contribution in [3.8, 4) is 11.1 Å². The Morgan fingerprint density at radius 1 is 0.609 bits per heavy atom. The number of ether oxygens (including phenoxy) is 6. The number of hydrogen-bond acceptors (Lipinski definition) is 11. The summed E-state index contributed by atoms with van der Waals surface area (Å²) in [7, 11) is 0. The van der Waals surface area contributed by atoms with Crippen molar-refractivity contribution in [1.82, 2.24) is 0 Å². The quantitative estimate of drug-likeness (QED) is 0.0813. The van der Waals surface area contributed by atoms with Crippen LogP contribution in [0.15, 0.2) is 163 Å². The second kappa shape index (κ2) is 19.4. The molecule has 6 aromatic carbocycles. The van der Waals surface area contributed by atoms with Crippen LogP contribution in [0, 0.1) is 6.92 Å². The Morgan fingerprint density at radius 2 is 1.11 bits per heavy atom. The average Bonchev–Trinajstić information content (AvgIpc) is 3.81. The zero-order valence-corrected chi connectivity index (χ0v) is 36.7. The van der Waals surface area contributed by atoms with Crippen molar-refractivity contribution in [2.24, 2.45) is 0 Å². The Hall–Kier alpha value is -6.69. The molecule has 0 spiro atoms. The number of hydrogen-bond donors (Lipinski definition) is 0. The number of fused-ring (bicyclic) bond motifs is 3. The van der Waals surface area contributed by atoms with E-state index in [4.69, 9.17) is 28.4 Å². The van der Waals surface area contributed by atoms with Gasteiger partial charge in [-0.1, -0.05) is 148 Å². The third-order valence-corrected chi connectivity index (χ3v) is 12.7. The van der Waals surface area contributed by atoms with E-state index in [9.17, 15) is 19.2 Å². The molecular weight excluding hydrogens is 829 g/mol. The number of carbonyl (C=O) groups excluding carboxylic acids is 4. The second-order valence-electron chi connectivity index (χ2n) is 16.7. The fraction of sp³-hybridized carbons (Fsp3) is 0.245. The lowest BCUT2D eigenvalue weighted by Crippen LogP contribution is -2.47. The first kappa shape index (κ1) is 43.9. The van der Waals surface area contributed by atoms with Crippen molar-refractivity contribution in [3.05, 3.63) is 197 Å². The highest BCUT2D eigenvalue weighted by atomic mass is 32.2. The van der Waals surface area contributed by atoms with Gasteiger partial charge >= 0.3 is 24.1 Å². The molecule has 0 amide bonds. The molecule has 1 aliphatic carbocycles. The Labute approximate surface area is 376 Å². The Morgan fingerprint density at radius 3 is 1.64 bits per heavy atom. The third-order valence-electron chi connectivity index (χ3n) is 11.3. The molecule has 0 aromatic heterocycles. The minimum absolute atomic E-state index is 0.0118. The van der Waals surface area contributed by atoms with Crippen molar-refractivity contribution in [1.29, 1.82) is 0 Å². The van der Waals surface area contributed by atoms with E-state index in [1.54, 1.807) is 91.0 Å². The van der Waals surface area contributed by atoms with Crippen molar-refractivity contribution >= 4 is 35.8 Å². The smallest absolute Gasteiger partial charge is 0.452 e. The van der Waals surface area contributed by atoms with Gasteiger partial charge in [-0.05, 0) is 88.2 Å². The first-order valence-corrected chi connectivity index (χ1v) is 22.0. The van der Waals surface area contributed by atoms with Crippen molar-refractivity contribution in [3.63, 3.8) is 0 Å². The van der Waals surface area contributed by atoms with Gasteiger partial charge in [-0.2, -0.15) is 0 Å². The van der Waals surface area contributed by atoms with E-state index in [-0.39, 0.29) is 34.6 Å². The summed E-state index contributed by atoms with van der Waals surface area (Å²) in [5, 5.41) is 0. The van der Waals surface area contributed by atoms with Crippen LogP contribution in [0.3, 0.4) is 0 Å². The molecule has 8 rings (SSSR count). The number of rotatable bonds is 13. The highest BCUT2D eigenvalue weighted by Crippen LogP contribution is 2.45. The molecule has 10 nitrogen and oxygen atoms in total. The standard InChI is InChI=1S/C53H48O10S/c1-33-30-37(53(2,3)4)28-29-44(33)64-51-47(62-50(56)36-22-12-7-13-23-36)46(61-49(55)35-20-10-6-11-21-35)45(63-51)43(60-48(54)34-18-8-5-9-19-34)32-59-52(57)58-31-42-40-26-16-14-24-38(40)39-25-15-17-27-41(39)42/h5-30,42-43,45-47,51H,31-32H2,1-4H3. The molecule has 1 saturated heterocycles. The Kier molecular flexibility index (Phi) is 13.3. The van der Waals surface area contributed by atoms with Gasteiger partial charge in [-0.15, -0.1) is 0 Å². The summed E-state index contributed by atoms with van der Waals surface area (Å²) in [6, 6.07) is 47.1. The van der Waals surface area contributed by atoms with Gasteiger partial charge in [0.05, 0.1) is 16.7 Å². The molecule has 6 aromatic rings. The molecule has 11 heteroatoms. The third kappa shape index (κ3) is 9.91. The number of thioether (sulfide) groups is 1. The minimum Gasteiger partial charge on any atom is -0.452 e. The predicted octanol–water partition coefficient (Wildman–Crippen LogP) is 10.8. The Balaban J connectivity index is 1.12. The van der Waals surface area contributed by atoms with Crippen LogP contribution >= 0.6 is 11.8 Å². The largest absolute Gasteiger partial charge is 0.508 e. The monoisotopic (exact) mass is 876 g/mol. The van der Waals surface area contributed by atoms with E-state index in [0.717, 1.165) is 38.3 Å². The van der Waals surface area contributed by atoms with Gasteiger partial charge in [-0.3, -0.25) is 0 Å². The van der Waals surface area contributed by atoms with Crippen molar-refractivity contribution in [2.45, 2.75) is 73.8 Å². The lowest BCUT2D eigenvalue weighted by molar-refractivity contribution is -0.0928. The van der Waals surface area contributed by atoms with Crippen LogP contribution < -0.4 is 0 Å². The molecule has 5 unspecified atom stereocenters. The summed E-state index contributed by atoms with van der Waals surface area (Å²) in [6.07, 6.45) is -6.33. The summed E-state index contributed by atoms with van der Waals surface area (Å²) in [5.41, 5.74) is 5.85. The first-order chi connectivity index (χ1) is 30.9. The lowest BCUT2D eigenvalue weighted by Gasteiger charge is -2.28. The maximum absolute atomic E-state index is 14.0. The van der Waals surface area contributed by atoms with E-state index in [2.05, 4.69) is 26.8 Å². The number of benzene rings is 6. The van der Waals surface area contributed by atoms with Crippen LogP contribution in [0.1, 0.15) is 80.0 Å². The maximum atomic E-state index is 14.0. The molecular formula is C53H48O10S. The van der Waals surface area contributed by atoms with Gasteiger partial charge in [-0.25, -0.2) is 19.2 Å². The van der Waals surface area contributed by atoms with Gasteiger partial charge in [0.2, 0.25) is 0 Å². The topological polar surface area (TPSA) is 124 Å². The van der Waals surface area contributed by atoms with Crippen LogP contribution in [0.5, 0.6) is 0 Å². The van der Waals surface area contributed by atoms with E-state index >= 15 is 0 Å². The summed E-state index contributed by atoms with van der Waals surface area (Å²) < 4.78 is 36.9. The molecule has 0 saturated carbocycles. The van der Waals surface area contributed by atoms with Crippen molar-refractivity contribution < 1.29 is 47.6 Å². The van der Waals surface area contributed by atoms with Crippen LogP contribution in [0.2, 0.25) is 0 Å². The molecule has 326 valence electrons. The van der Waals surface area contributed by atoms with Gasteiger partial charge in [0.25, 0.3) is 0 Å². The van der Waals surface area contributed by atoms with Crippen LogP contribution in [0.4, 0.5) is 4.79 Å². The molecule has 0 N–H and O–H groups in total. The number of aryl methyl sites for hydroxylation is 1. The molecule has 5 atom stereocenters. The second-order valence-corrected chi connectivity index (χ2v) is 17.8. The highest BCUT2D eigenvalue weighted by Gasteiger charge is 2.54. The zero-order valence-electron chi connectivity index (χ0n) is 35.9. The van der Waals surface area contributed by atoms with Gasteiger partial charge < -0.3 is 28.4 Å². The zero-order chi connectivity index (χ0) is 44.8. The van der Waals surface area contributed by atoms with E-state index in [1.807, 2.05) is 67.6 Å². The van der Waals surface area contributed by atoms with Crippen LogP contribution in [0.25, 0.3) is 11.1 Å². The van der Waals surface area contributed by atoms with E-state index in [0.29, 0.717) is 0 Å². The lowest BCUT2D eigenvalue weighted by atomic mass is 9.86. The number of esters is 3. The minimum atomic E-state index is -1.39. The summed E-state index contributed by atoms with van der Waals surface area (Å²) in [6.45, 7) is 7.80. The van der Waals surface area contributed by atoms with Crippen LogP contribution in [-0.2, 0) is 33.8 Å². The summed E-state index contributed by atoms with van der Waals surface area (Å²) in [5.74, 6) is -2.40. The molecule has 1 fully saturated rings. The predicted molar refractivity (Wildman–Crippen MR) is 242 cm³/mol. The van der Waals surface area contributed by atoms with Gasteiger partial charge in [0, 0.05) is 10.8 Å². The molecule has 0 bridgehead atoms.